The van der Waals surface area contributed by atoms with Crippen LogP contribution >= 0.6 is 0 Å². The van der Waals surface area contributed by atoms with Gasteiger partial charge in [0.05, 0.1) is 19.6 Å². The first-order valence-electron chi connectivity index (χ1n) is 6.33. The Morgan fingerprint density at radius 3 is 2.39 bits per heavy atom. The molecule has 0 saturated heterocycles. The van der Waals surface area contributed by atoms with Gasteiger partial charge in [-0.1, -0.05) is 26.0 Å². The van der Waals surface area contributed by atoms with E-state index in [1.165, 1.54) is 5.56 Å². The fraction of sp³-hybridized carbons (Fsp3) is 0.533. The molecule has 0 heterocycles. The van der Waals surface area contributed by atoms with Crippen molar-refractivity contribution in [1.82, 2.24) is 0 Å². The smallest absolute Gasteiger partial charge is 0.310 e. The van der Waals surface area contributed by atoms with Crippen LogP contribution in [0, 0.1) is 11.3 Å². The molecule has 3 heteroatoms. The molecule has 2 unspecified atom stereocenters. The van der Waals surface area contributed by atoms with Crippen LogP contribution in [0.25, 0.3) is 0 Å². The Kier molecular flexibility index (Phi) is 3.33. The van der Waals surface area contributed by atoms with Crippen molar-refractivity contribution in [2.45, 2.75) is 26.7 Å². The molecule has 0 aromatic heterocycles. The van der Waals surface area contributed by atoms with Gasteiger partial charge in [-0.25, -0.2) is 0 Å². The fourth-order valence-electron chi connectivity index (χ4n) is 2.74. The van der Waals surface area contributed by atoms with Gasteiger partial charge in [-0.2, -0.15) is 0 Å². The van der Waals surface area contributed by atoms with Gasteiger partial charge in [0.15, 0.2) is 0 Å². The molecule has 1 saturated carbocycles. The maximum absolute atomic E-state index is 11.9. The number of methoxy groups -OCH3 is 1. The molecule has 0 spiro atoms. The molecule has 1 aromatic rings. The third kappa shape index (κ3) is 2.09. The second kappa shape index (κ2) is 4.63. The minimum absolute atomic E-state index is 0.0131. The average molecular weight is 248 g/mol. The molecule has 2 atom stereocenters. The van der Waals surface area contributed by atoms with Crippen LogP contribution in [0.3, 0.4) is 0 Å². The number of carbonyl (C=O) groups excluding carboxylic acids is 1. The van der Waals surface area contributed by atoms with E-state index in [4.69, 9.17) is 9.47 Å². The van der Waals surface area contributed by atoms with E-state index in [0.29, 0.717) is 6.61 Å². The maximum atomic E-state index is 11.9. The van der Waals surface area contributed by atoms with Crippen LogP contribution in [0.15, 0.2) is 24.3 Å². The third-order valence-electron chi connectivity index (χ3n) is 3.84. The number of esters is 1. The molecular formula is C15H20O3. The molecule has 18 heavy (non-hydrogen) atoms. The summed E-state index contributed by atoms with van der Waals surface area (Å²) in [5, 5.41) is 0. The lowest BCUT2D eigenvalue weighted by molar-refractivity contribution is -0.145. The summed E-state index contributed by atoms with van der Waals surface area (Å²) in [4.78, 5) is 11.9. The van der Waals surface area contributed by atoms with E-state index in [0.717, 1.165) is 5.75 Å². The zero-order valence-corrected chi connectivity index (χ0v) is 11.4. The summed E-state index contributed by atoms with van der Waals surface area (Å²) in [5.74, 6) is 0.988. The van der Waals surface area contributed by atoms with Crippen molar-refractivity contribution in [3.63, 3.8) is 0 Å². The molecule has 0 bridgehead atoms. The summed E-state index contributed by atoms with van der Waals surface area (Å²) >= 11 is 0. The van der Waals surface area contributed by atoms with Gasteiger partial charge >= 0.3 is 5.97 Å². The molecule has 0 radical (unpaired) electrons. The first-order valence-corrected chi connectivity index (χ1v) is 6.33. The number of ether oxygens (including phenoxy) is 2. The molecular weight excluding hydrogens is 228 g/mol. The summed E-state index contributed by atoms with van der Waals surface area (Å²) < 4.78 is 10.3. The molecule has 3 nitrogen and oxygen atoms in total. The molecule has 0 amide bonds. The minimum Gasteiger partial charge on any atom is -0.497 e. The van der Waals surface area contributed by atoms with Crippen LogP contribution in [-0.2, 0) is 9.53 Å². The summed E-state index contributed by atoms with van der Waals surface area (Å²) in [7, 11) is 1.65. The predicted molar refractivity (Wildman–Crippen MR) is 69.6 cm³/mol. The molecule has 1 fully saturated rings. The lowest BCUT2D eigenvalue weighted by Gasteiger charge is -2.04. The molecule has 1 aliphatic rings. The lowest BCUT2D eigenvalue weighted by atomic mass is 10.0. The van der Waals surface area contributed by atoms with E-state index in [2.05, 4.69) is 13.8 Å². The first kappa shape index (κ1) is 12.9. The highest BCUT2D eigenvalue weighted by Crippen LogP contribution is 2.64. The molecule has 2 rings (SSSR count). The highest BCUT2D eigenvalue weighted by Gasteiger charge is 2.63. The Bertz CT molecular complexity index is 434. The SMILES string of the molecule is CCOC(=O)C1C(c2ccc(OC)cc2)C1(C)C. The van der Waals surface area contributed by atoms with Crippen molar-refractivity contribution in [3.05, 3.63) is 29.8 Å². The van der Waals surface area contributed by atoms with Crippen molar-refractivity contribution in [3.8, 4) is 5.75 Å². The fourth-order valence-corrected chi connectivity index (χ4v) is 2.74. The van der Waals surface area contributed by atoms with Crippen LogP contribution in [0.2, 0.25) is 0 Å². The summed E-state index contributed by atoms with van der Waals surface area (Å²) in [6.45, 7) is 6.52. The largest absolute Gasteiger partial charge is 0.497 e. The molecule has 1 aliphatic carbocycles. The highest BCUT2D eigenvalue weighted by atomic mass is 16.5. The molecule has 1 aromatic carbocycles. The summed E-state index contributed by atoms with van der Waals surface area (Å²) in [6, 6.07) is 7.94. The molecule has 0 aliphatic heterocycles. The van der Waals surface area contributed by atoms with Crippen LogP contribution in [0.5, 0.6) is 5.75 Å². The average Bonchev–Trinajstić information content (AvgIpc) is 2.93. The Morgan fingerprint density at radius 1 is 1.28 bits per heavy atom. The van der Waals surface area contributed by atoms with Crippen LogP contribution < -0.4 is 4.74 Å². The van der Waals surface area contributed by atoms with Gasteiger partial charge in [0.2, 0.25) is 0 Å². The lowest BCUT2D eigenvalue weighted by Crippen LogP contribution is -2.10. The summed E-state index contributed by atoms with van der Waals surface area (Å²) in [5.41, 5.74) is 1.17. The Labute approximate surface area is 108 Å². The maximum Gasteiger partial charge on any atom is 0.310 e. The number of hydrogen-bond donors (Lipinski definition) is 0. The second-order valence-corrected chi connectivity index (χ2v) is 5.30. The highest BCUT2D eigenvalue weighted by molar-refractivity contribution is 5.79. The van der Waals surface area contributed by atoms with Crippen molar-refractivity contribution in [1.29, 1.82) is 0 Å². The third-order valence-corrected chi connectivity index (χ3v) is 3.84. The Hall–Kier alpha value is -1.51. The zero-order valence-electron chi connectivity index (χ0n) is 11.4. The van der Waals surface area contributed by atoms with Gasteiger partial charge in [-0.15, -0.1) is 0 Å². The quantitative estimate of drug-likeness (QED) is 0.768. The van der Waals surface area contributed by atoms with E-state index in [-0.39, 0.29) is 23.2 Å². The second-order valence-electron chi connectivity index (χ2n) is 5.30. The summed E-state index contributed by atoms with van der Waals surface area (Å²) in [6.07, 6.45) is 0. The van der Waals surface area contributed by atoms with Gasteiger partial charge < -0.3 is 9.47 Å². The Morgan fingerprint density at radius 2 is 1.89 bits per heavy atom. The van der Waals surface area contributed by atoms with Crippen molar-refractivity contribution >= 4 is 5.97 Å². The van der Waals surface area contributed by atoms with Crippen LogP contribution in [0.1, 0.15) is 32.3 Å². The van der Waals surface area contributed by atoms with E-state index in [9.17, 15) is 4.79 Å². The number of benzene rings is 1. The van der Waals surface area contributed by atoms with Gasteiger partial charge in [0, 0.05) is 5.92 Å². The van der Waals surface area contributed by atoms with Crippen LogP contribution in [0.4, 0.5) is 0 Å². The number of carbonyl (C=O) groups is 1. The van der Waals surface area contributed by atoms with Gasteiger partial charge in [-0.05, 0) is 30.0 Å². The van der Waals surface area contributed by atoms with Crippen molar-refractivity contribution in [2.75, 3.05) is 13.7 Å². The first-order chi connectivity index (χ1) is 8.52. The van der Waals surface area contributed by atoms with Gasteiger partial charge in [0.25, 0.3) is 0 Å². The number of hydrogen-bond acceptors (Lipinski definition) is 3. The minimum atomic E-state index is -0.0803. The van der Waals surface area contributed by atoms with Crippen molar-refractivity contribution < 1.29 is 14.3 Å². The van der Waals surface area contributed by atoms with Gasteiger partial charge in [-0.3, -0.25) is 4.79 Å². The van der Waals surface area contributed by atoms with E-state index >= 15 is 0 Å². The van der Waals surface area contributed by atoms with E-state index in [1.807, 2.05) is 31.2 Å². The van der Waals surface area contributed by atoms with E-state index in [1.54, 1.807) is 7.11 Å². The predicted octanol–water partition coefficient (Wildman–Crippen LogP) is 3.00. The number of rotatable bonds is 4. The monoisotopic (exact) mass is 248 g/mol. The van der Waals surface area contributed by atoms with Crippen molar-refractivity contribution in [2.24, 2.45) is 11.3 Å². The standard InChI is InChI=1S/C15H20O3/c1-5-18-14(16)13-12(15(13,2)3)10-6-8-11(17-4)9-7-10/h6-9,12-13H,5H2,1-4H3. The zero-order chi connectivity index (χ0) is 13.3. The topological polar surface area (TPSA) is 35.5 Å². The van der Waals surface area contributed by atoms with E-state index < -0.39 is 0 Å². The molecule has 98 valence electrons. The van der Waals surface area contributed by atoms with Crippen LogP contribution in [-0.4, -0.2) is 19.7 Å². The van der Waals surface area contributed by atoms with Gasteiger partial charge in [0.1, 0.15) is 5.75 Å². The normalized spacial score (nSPS) is 24.4. The molecule has 0 N–H and O–H groups in total. The Balaban J connectivity index is 2.16.